The van der Waals surface area contributed by atoms with Crippen molar-refractivity contribution in [1.29, 1.82) is 0 Å². The molecule has 0 heterocycles. The first-order valence-corrected chi connectivity index (χ1v) is 7.56. The summed E-state index contributed by atoms with van der Waals surface area (Å²) in [7, 11) is -3.89. The Morgan fingerprint density at radius 1 is 1.12 bits per heavy atom. The van der Waals surface area contributed by atoms with Crippen LogP contribution in [0.25, 0.3) is 0 Å². The van der Waals surface area contributed by atoms with E-state index < -0.39 is 14.5 Å². The lowest BCUT2D eigenvalue weighted by Crippen LogP contribution is -2.11. The average Bonchev–Trinajstić information content (AvgIpc) is 2.25. The zero-order valence-electron chi connectivity index (χ0n) is 9.14. The van der Waals surface area contributed by atoms with Crippen molar-refractivity contribution in [1.82, 2.24) is 0 Å². The van der Waals surface area contributed by atoms with E-state index in [4.69, 9.17) is 27.8 Å². The van der Waals surface area contributed by atoms with Gasteiger partial charge in [-0.1, -0.05) is 53.5 Å². The number of unbranched alkanes of at least 4 members (excludes halogenated alkanes) is 1. The van der Waals surface area contributed by atoms with Crippen molar-refractivity contribution in [3.63, 3.8) is 0 Å². The molecule has 0 unspecified atom stereocenters. The van der Waals surface area contributed by atoms with Crippen LogP contribution >= 0.6 is 23.2 Å². The van der Waals surface area contributed by atoms with Crippen LogP contribution in [-0.4, -0.2) is 18.7 Å². The van der Waals surface area contributed by atoms with Gasteiger partial charge in [0.25, 0.3) is 10.1 Å². The zero-order chi connectivity index (χ0) is 12.9. The van der Waals surface area contributed by atoms with Gasteiger partial charge in [0.2, 0.25) is 0 Å². The van der Waals surface area contributed by atoms with Crippen LogP contribution in [0.3, 0.4) is 0 Å². The highest BCUT2D eigenvalue weighted by molar-refractivity contribution is 7.85. The second-order valence-corrected chi connectivity index (χ2v) is 6.87. The van der Waals surface area contributed by atoms with Crippen molar-refractivity contribution in [3.05, 3.63) is 35.9 Å². The topological polar surface area (TPSA) is 54.4 Å². The number of halogens is 2. The van der Waals surface area contributed by atoms with E-state index in [1.54, 1.807) is 0 Å². The summed E-state index contributed by atoms with van der Waals surface area (Å²) in [4.78, 5) is 0. The van der Waals surface area contributed by atoms with Crippen LogP contribution < -0.4 is 0 Å². The third-order valence-corrected chi connectivity index (χ3v) is 3.96. The van der Waals surface area contributed by atoms with Crippen LogP contribution in [0.2, 0.25) is 0 Å². The van der Waals surface area contributed by atoms with Crippen molar-refractivity contribution < 1.29 is 13.0 Å². The third-order valence-electron chi connectivity index (χ3n) is 2.34. The molecular weight excluding hydrogens is 283 g/mol. The fourth-order valence-electron chi connectivity index (χ4n) is 1.46. The molecule has 0 aliphatic carbocycles. The summed E-state index contributed by atoms with van der Waals surface area (Å²) in [6.45, 7) is 0. The molecule has 1 aromatic carbocycles. The highest BCUT2D eigenvalue weighted by Gasteiger charge is 2.25. The molecule has 0 aliphatic rings. The van der Waals surface area contributed by atoms with Gasteiger partial charge in [0.1, 0.15) is 4.33 Å². The molecule has 6 heteroatoms. The molecule has 0 atom stereocenters. The second kappa shape index (κ2) is 6.05. The Hall–Kier alpha value is -0.290. The first kappa shape index (κ1) is 14.8. The summed E-state index contributed by atoms with van der Waals surface area (Å²) in [6, 6.07) is 9.19. The average molecular weight is 297 g/mol. The van der Waals surface area contributed by atoms with Crippen LogP contribution in [0.1, 0.15) is 24.8 Å². The van der Waals surface area contributed by atoms with E-state index in [-0.39, 0.29) is 5.75 Å². The molecule has 96 valence electrons. The van der Waals surface area contributed by atoms with E-state index in [0.717, 1.165) is 5.56 Å². The SMILES string of the molecule is O=S(=O)(O)CCCCC(Cl)(Cl)c1ccccc1. The molecule has 0 saturated carbocycles. The molecule has 1 rings (SSSR count). The van der Waals surface area contributed by atoms with Crippen molar-refractivity contribution >= 4 is 33.3 Å². The quantitative estimate of drug-likeness (QED) is 0.497. The lowest BCUT2D eigenvalue weighted by Gasteiger charge is -2.19. The van der Waals surface area contributed by atoms with Gasteiger partial charge in [-0.15, -0.1) is 0 Å². The normalized spacial score (nSPS) is 12.6. The van der Waals surface area contributed by atoms with E-state index >= 15 is 0 Å². The van der Waals surface area contributed by atoms with E-state index in [1.807, 2.05) is 30.3 Å². The third kappa shape index (κ3) is 5.73. The first-order valence-electron chi connectivity index (χ1n) is 5.20. The molecule has 0 aliphatic heterocycles. The Labute approximate surface area is 111 Å². The smallest absolute Gasteiger partial charge is 0.264 e. The molecule has 0 aromatic heterocycles. The molecule has 1 N–H and O–H groups in total. The lowest BCUT2D eigenvalue weighted by atomic mass is 10.1. The second-order valence-electron chi connectivity index (χ2n) is 3.81. The van der Waals surface area contributed by atoms with Gasteiger partial charge < -0.3 is 0 Å². The molecule has 0 spiro atoms. The van der Waals surface area contributed by atoms with E-state index in [1.165, 1.54) is 0 Å². The number of hydrogen-bond acceptors (Lipinski definition) is 2. The maximum atomic E-state index is 10.5. The van der Waals surface area contributed by atoms with Gasteiger partial charge in [0.05, 0.1) is 5.75 Å². The Morgan fingerprint density at radius 2 is 1.71 bits per heavy atom. The van der Waals surface area contributed by atoms with Crippen LogP contribution in [0.4, 0.5) is 0 Å². The maximum absolute atomic E-state index is 10.5. The molecular formula is C11H14Cl2O3S. The number of alkyl halides is 2. The molecule has 0 saturated heterocycles. The van der Waals surface area contributed by atoms with E-state index in [9.17, 15) is 8.42 Å². The van der Waals surface area contributed by atoms with Crippen molar-refractivity contribution in [3.8, 4) is 0 Å². The summed E-state index contributed by atoms with van der Waals surface area (Å²) in [5.41, 5.74) is 0.787. The fourth-order valence-corrected chi connectivity index (χ4v) is 2.55. The van der Waals surface area contributed by atoms with Crippen molar-refractivity contribution in [2.75, 3.05) is 5.75 Å². The number of benzene rings is 1. The summed E-state index contributed by atoms with van der Waals surface area (Å²) < 4.78 is 28.6. The van der Waals surface area contributed by atoms with Crippen LogP contribution in [0.15, 0.2) is 30.3 Å². The Balaban J connectivity index is 2.46. The molecule has 3 nitrogen and oxygen atoms in total. The van der Waals surface area contributed by atoms with Crippen LogP contribution in [0.5, 0.6) is 0 Å². The van der Waals surface area contributed by atoms with Gasteiger partial charge >= 0.3 is 0 Å². The van der Waals surface area contributed by atoms with Gasteiger partial charge in [-0.25, -0.2) is 0 Å². The highest BCUT2D eigenvalue weighted by atomic mass is 35.5. The number of rotatable bonds is 6. The monoisotopic (exact) mass is 296 g/mol. The molecule has 0 amide bonds. The largest absolute Gasteiger partial charge is 0.286 e. The summed E-state index contributed by atoms with van der Waals surface area (Å²) in [5.74, 6) is -0.258. The fraction of sp³-hybridized carbons (Fsp3) is 0.455. The lowest BCUT2D eigenvalue weighted by molar-refractivity contribution is 0.479. The maximum Gasteiger partial charge on any atom is 0.264 e. The molecule has 17 heavy (non-hydrogen) atoms. The Morgan fingerprint density at radius 3 is 2.24 bits per heavy atom. The summed E-state index contributed by atoms with van der Waals surface area (Å²) in [5, 5.41) is 0. The molecule has 0 bridgehead atoms. The molecule has 1 aromatic rings. The number of hydrogen-bond donors (Lipinski definition) is 1. The first-order chi connectivity index (χ1) is 7.81. The van der Waals surface area contributed by atoms with Gasteiger partial charge in [-0.3, -0.25) is 4.55 Å². The minimum absolute atomic E-state index is 0.258. The standard InChI is InChI=1S/C11H14Cl2O3S/c12-11(13,10-6-2-1-3-7-10)8-4-5-9-17(14,15)16/h1-3,6-7H,4-5,8-9H2,(H,14,15,16). The van der Waals surface area contributed by atoms with Crippen LogP contribution in [-0.2, 0) is 14.5 Å². The van der Waals surface area contributed by atoms with Gasteiger partial charge in [-0.05, 0) is 24.8 Å². The predicted octanol–water partition coefficient (Wildman–Crippen LogP) is 3.38. The van der Waals surface area contributed by atoms with Crippen LogP contribution in [0, 0.1) is 0 Å². The predicted molar refractivity (Wildman–Crippen MR) is 70.1 cm³/mol. The zero-order valence-corrected chi connectivity index (χ0v) is 11.5. The Bertz CT molecular complexity index is 443. The Kier molecular flexibility index (Phi) is 5.25. The molecule has 0 fully saturated rings. The van der Waals surface area contributed by atoms with E-state index in [0.29, 0.717) is 19.3 Å². The minimum atomic E-state index is -3.89. The molecule has 0 radical (unpaired) electrons. The highest BCUT2D eigenvalue weighted by Crippen LogP contribution is 2.38. The van der Waals surface area contributed by atoms with Gasteiger partial charge in [0, 0.05) is 0 Å². The van der Waals surface area contributed by atoms with Gasteiger partial charge in [-0.2, -0.15) is 8.42 Å². The minimum Gasteiger partial charge on any atom is -0.286 e. The van der Waals surface area contributed by atoms with Crippen molar-refractivity contribution in [2.24, 2.45) is 0 Å². The van der Waals surface area contributed by atoms with Gasteiger partial charge in [0.15, 0.2) is 0 Å². The van der Waals surface area contributed by atoms with E-state index in [2.05, 4.69) is 0 Å². The summed E-state index contributed by atoms with van der Waals surface area (Å²) in [6.07, 6.45) is 1.31. The van der Waals surface area contributed by atoms with Crippen molar-refractivity contribution in [2.45, 2.75) is 23.6 Å². The summed E-state index contributed by atoms with van der Waals surface area (Å²) >= 11 is 12.3.